The minimum absolute atomic E-state index is 0.0559. The average molecular weight is 573 g/mol. The van der Waals surface area contributed by atoms with Gasteiger partial charge in [0, 0.05) is 46.8 Å². The first-order valence-electron chi connectivity index (χ1n) is 14.8. The number of aromatic hydroxyl groups is 1. The van der Waals surface area contributed by atoms with Crippen molar-refractivity contribution in [3.05, 3.63) is 57.7 Å². The fourth-order valence-corrected chi connectivity index (χ4v) is 7.63. The molecule has 4 heterocycles. The molecule has 5 atom stereocenters. The molecule has 222 valence electrons. The van der Waals surface area contributed by atoms with E-state index in [1.165, 1.54) is 0 Å². The van der Waals surface area contributed by atoms with Crippen LogP contribution >= 0.6 is 0 Å². The lowest BCUT2D eigenvalue weighted by atomic mass is 9.71. The van der Waals surface area contributed by atoms with Gasteiger partial charge in [-0.15, -0.1) is 0 Å². The molecule has 2 N–H and O–H groups in total. The van der Waals surface area contributed by atoms with Crippen LogP contribution in [0.4, 0.5) is 0 Å². The first-order chi connectivity index (χ1) is 20.1. The molecule has 9 heteroatoms. The second-order valence-electron chi connectivity index (χ2n) is 12.3. The van der Waals surface area contributed by atoms with Crippen molar-refractivity contribution >= 4 is 5.91 Å². The first kappa shape index (κ1) is 28.4. The molecule has 0 radical (unpaired) electrons. The Morgan fingerprint density at radius 2 is 1.95 bits per heavy atom. The summed E-state index contributed by atoms with van der Waals surface area (Å²) < 4.78 is 18.4. The fourth-order valence-electron chi connectivity index (χ4n) is 7.63. The Kier molecular flexibility index (Phi) is 7.11. The Labute approximate surface area is 247 Å². The molecule has 2 bridgehead atoms. The van der Waals surface area contributed by atoms with Gasteiger partial charge in [0.15, 0.2) is 11.5 Å². The Morgan fingerprint density at radius 1 is 1.21 bits per heavy atom. The number of hydrogen-bond acceptors (Lipinski definition) is 8. The summed E-state index contributed by atoms with van der Waals surface area (Å²) in [7, 11) is 2.07. The van der Waals surface area contributed by atoms with Crippen LogP contribution in [0.5, 0.6) is 23.0 Å². The molecule has 0 aromatic heterocycles. The molecule has 9 nitrogen and oxygen atoms in total. The average Bonchev–Trinajstić information content (AvgIpc) is 3.45. The third-order valence-corrected chi connectivity index (χ3v) is 9.77. The van der Waals surface area contributed by atoms with Gasteiger partial charge in [0.2, 0.25) is 12.7 Å². The number of fused-ring (bicyclic) bond motifs is 9. The highest BCUT2D eigenvalue weighted by atomic mass is 16.7. The molecule has 2 aromatic rings. The fraction of sp³-hybridized carbons (Fsp3) is 0.515. The van der Waals surface area contributed by atoms with E-state index in [1.54, 1.807) is 6.08 Å². The molecule has 2 aromatic carbocycles. The van der Waals surface area contributed by atoms with Crippen LogP contribution in [0.2, 0.25) is 0 Å². The van der Waals surface area contributed by atoms with Gasteiger partial charge in [-0.3, -0.25) is 14.6 Å². The van der Waals surface area contributed by atoms with Gasteiger partial charge in [-0.2, -0.15) is 5.26 Å². The van der Waals surface area contributed by atoms with Crippen LogP contribution in [0, 0.1) is 38.0 Å². The number of carbonyl (C=O) groups excluding carboxylic acids is 1. The Hall–Kier alpha value is -3.74. The Bertz CT molecular complexity index is 1510. The monoisotopic (exact) mass is 572 g/mol. The normalized spacial score (nSPS) is 25.7. The summed E-state index contributed by atoms with van der Waals surface area (Å²) >= 11 is 0. The molecule has 4 aliphatic rings. The van der Waals surface area contributed by atoms with E-state index in [9.17, 15) is 15.2 Å². The highest BCUT2D eigenvalue weighted by molar-refractivity contribution is 5.78. The van der Waals surface area contributed by atoms with Crippen LogP contribution in [0.3, 0.4) is 0 Å². The predicted octanol–water partition coefficient (Wildman–Crippen LogP) is 4.15. The second-order valence-corrected chi connectivity index (χ2v) is 12.3. The maximum atomic E-state index is 12.9. The number of aryl methyl sites for hydroxylation is 1. The van der Waals surface area contributed by atoms with Crippen molar-refractivity contribution in [3.8, 4) is 29.1 Å². The van der Waals surface area contributed by atoms with Crippen molar-refractivity contribution in [3.63, 3.8) is 0 Å². The third-order valence-electron chi connectivity index (χ3n) is 9.77. The van der Waals surface area contributed by atoms with E-state index in [2.05, 4.69) is 40.9 Å². The quantitative estimate of drug-likeness (QED) is 0.497. The lowest BCUT2D eigenvalue weighted by molar-refractivity contribution is -0.125. The van der Waals surface area contributed by atoms with Crippen molar-refractivity contribution in [2.45, 2.75) is 77.7 Å². The molecule has 0 aliphatic carbocycles. The number of hydrogen-bond donors (Lipinski definition) is 2. The maximum Gasteiger partial charge on any atom is 0.231 e. The lowest BCUT2D eigenvalue weighted by Gasteiger charge is -2.60. The van der Waals surface area contributed by atoms with Crippen LogP contribution in [-0.2, 0) is 17.6 Å². The molecule has 1 fully saturated rings. The molecular weight excluding hydrogens is 532 g/mol. The molecule has 1 amide bonds. The molecule has 0 saturated carbocycles. The zero-order chi connectivity index (χ0) is 30.0. The zero-order valence-corrected chi connectivity index (χ0v) is 25.3. The summed E-state index contributed by atoms with van der Waals surface area (Å²) in [5, 5.41) is 25.5. The summed E-state index contributed by atoms with van der Waals surface area (Å²) in [4.78, 5) is 17.5. The van der Waals surface area contributed by atoms with Crippen molar-refractivity contribution in [2.24, 2.45) is 5.92 Å². The SMILES string of the molecule is C=CCOc1c(C)c2c(c3c1CC1C4c5c(cc(C)c(C)c5O)C[C@@H]([C@H](C#N)N1[C@H]3CNC(=O)C(C)C)N4C)OCO2. The van der Waals surface area contributed by atoms with Gasteiger partial charge >= 0.3 is 0 Å². The van der Waals surface area contributed by atoms with Crippen LogP contribution in [0.25, 0.3) is 0 Å². The van der Waals surface area contributed by atoms with E-state index in [-0.39, 0.29) is 42.8 Å². The van der Waals surface area contributed by atoms with Crippen LogP contribution in [0.1, 0.15) is 64.9 Å². The van der Waals surface area contributed by atoms with Gasteiger partial charge < -0.3 is 24.6 Å². The highest BCUT2D eigenvalue weighted by Gasteiger charge is 2.56. The standard InChI is InChI=1S/C33H40N4O5/c1-8-9-40-30-19(6)31-32(42-15-41-31)27-21(30)12-23-28-26-20(10-17(4)18(5)29(26)38)11-22(36(28)7)24(13-34)37(23)25(27)14-35-33(39)16(2)3/h8,10,16,22-25,28,38H,1,9,11-12,14-15H2,2-7H3,(H,35,39)/t22-,23?,24-,25-,28?/m0/s1. The Morgan fingerprint density at radius 3 is 2.64 bits per heavy atom. The summed E-state index contributed by atoms with van der Waals surface area (Å²) in [5.41, 5.74) is 6.71. The van der Waals surface area contributed by atoms with Gasteiger partial charge in [-0.25, -0.2) is 0 Å². The largest absolute Gasteiger partial charge is 0.507 e. The summed E-state index contributed by atoms with van der Waals surface area (Å²) in [6.45, 7) is 14.3. The molecule has 6 rings (SSSR count). The first-order valence-corrected chi connectivity index (χ1v) is 14.8. The summed E-state index contributed by atoms with van der Waals surface area (Å²) in [6.07, 6.45) is 2.94. The van der Waals surface area contributed by atoms with Gasteiger partial charge in [-0.05, 0) is 57.4 Å². The number of piperazine rings is 1. The number of nitrogens with zero attached hydrogens (tertiary/aromatic N) is 3. The molecule has 1 saturated heterocycles. The van der Waals surface area contributed by atoms with E-state index in [4.69, 9.17) is 14.2 Å². The molecule has 42 heavy (non-hydrogen) atoms. The number of carbonyl (C=O) groups is 1. The van der Waals surface area contributed by atoms with E-state index in [1.807, 2.05) is 34.6 Å². The van der Waals surface area contributed by atoms with Crippen molar-refractivity contribution in [1.82, 2.24) is 15.1 Å². The third kappa shape index (κ3) is 4.07. The van der Waals surface area contributed by atoms with Gasteiger partial charge in [-0.1, -0.05) is 32.6 Å². The number of likely N-dealkylation sites (N-methyl/N-ethyl adjacent to an activating group) is 1. The van der Waals surface area contributed by atoms with Crippen LogP contribution < -0.4 is 19.5 Å². The van der Waals surface area contributed by atoms with Crippen molar-refractivity contribution in [1.29, 1.82) is 5.26 Å². The minimum Gasteiger partial charge on any atom is -0.507 e. The topological polar surface area (TPSA) is 107 Å². The number of phenolic OH excluding ortho intramolecular Hbond substituents is 1. The van der Waals surface area contributed by atoms with E-state index in [0.717, 1.165) is 44.7 Å². The van der Waals surface area contributed by atoms with Crippen LogP contribution in [-0.4, -0.2) is 65.9 Å². The molecule has 0 spiro atoms. The number of rotatable bonds is 6. The molecule has 4 aliphatic heterocycles. The van der Waals surface area contributed by atoms with Crippen LogP contribution in [0.15, 0.2) is 18.7 Å². The number of amides is 1. The smallest absolute Gasteiger partial charge is 0.231 e. The number of nitriles is 1. The zero-order valence-electron chi connectivity index (χ0n) is 25.3. The number of nitrogens with one attached hydrogen (secondary N) is 1. The van der Waals surface area contributed by atoms with Crippen molar-refractivity contribution in [2.75, 3.05) is 27.0 Å². The van der Waals surface area contributed by atoms with E-state index < -0.39 is 6.04 Å². The highest BCUT2D eigenvalue weighted by Crippen LogP contribution is 2.57. The Balaban J connectivity index is 1.60. The lowest BCUT2D eigenvalue weighted by Crippen LogP contribution is -2.68. The number of benzene rings is 2. The summed E-state index contributed by atoms with van der Waals surface area (Å²) in [6, 6.07) is 3.56. The maximum absolute atomic E-state index is 12.9. The van der Waals surface area contributed by atoms with Gasteiger partial charge in [0.1, 0.15) is 24.1 Å². The second kappa shape index (κ2) is 10.5. The minimum atomic E-state index is -0.459. The van der Waals surface area contributed by atoms with Gasteiger partial charge in [0.25, 0.3) is 0 Å². The number of ether oxygens (including phenoxy) is 3. The van der Waals surface area contributed by atoms with Gasteiger partial charge in [0.05, 0.1) is 18.2 Å². The van der Waals surface area contributed by atoms with E-state index in [0.29, 0.717) is 43.2 Å². The predicted molar refractivity (Wildman–Crippen MR) is 158 cm³/mol. The molecular formula is C33H40N4O5. The molecule has 2 unspecified atom stereocenters. The number of phenols is 1. The van der Waals surface area contributed by atoms with E-state index >= 15 is 0 Å². The van der Waals surface area contributed by atoms with Crippen molar-refractivity contribution < 1.29 is 24.1 Å². The summed E-state index contributed by atoms with van der Waals surface area (Å²) in [5.74, 6) is 2.12.